The standard InChI is InChI=1S/C17H25NO/c1-13-7-9-15(10-8-13)17(19)12-18(3)16-6-4-5-14(2)11-16/h7-10,14,16H,4-6,11-12H2,1-3H3. The van der Waals surface area contributed by atoms with E-state index in [1.165, 1.54) is 31.2 Å². The van der Waals surface area contributed by atoms with E-state index >= 15 is 0 Å². The summed E-state index contributed by atoms with van der Waals surface area (Å²) >= 11 is 0. The van der Waals surface area contributed by atoms with Crippen LogP contribution in [0.15, 0.2) is 24.3 Å². The summed E-state index contributed by atoms with van der Waals surface area (Å²) in [5, 5.41) is 0. The van der Waals surface area contributed by atoms with Gasteiger partial charge in [-0.05, 0) is 32.7 Å². The molecule has 0 radical (unpaired) electrons. The van der Waals surface area contributed by atoms with Crippen LogP contribution in [0.1, 0.15) is 48.5 Å². The quantitative estimate of drug-likeness (QED) is 0.769. The van der Waals surface area contributed by atoms with Crippen molar-refractivity contribution in [2.24, 2.45) is 5.92 Å². The van der Waals surface area contributed by atoms with Crippen molar-refractivity contribution in [2.75, 3.05) is 13.6 Å². The van der Waals surface area contributed by atoms with E-state index in [1.807, 2.05) is 31.2 Å². The fourth-order valence-electron chi connectivity index (χ4n) is 2.99. The van der Waals surface area contributed by atoms with Crippen LogP contribution < -0.4 is 0 Å². The van der Waals surface area contributed by atoms with Gasteiger partial charge in [0.1, 0.15) is 0 Å². The molecule has 1 aliphatic rings. The van der Waals surface area contributed by atoms with Crippen LogP contribution in [0, 0.1) is 12.8 Å². The molecule has 19 heavy (non-hydrogen) atoms. The van der Waals surface area contributed by atoms with Crippen LogP contribution in [0.4, 0.5) is 0 Å². The molecule has 1 aliphatic carbocycles. The highest BCUT2D eigenvalue weighted by Crippen LogP contribution is 2.26. The van der Waals surface area contributed by atoms with Crippen molar-refractivity contribution in [1.82, 2.24) is 4.90 Å². The Morgan fingerprint density at radius 3 is 2.58 bits per heavy atom. The van der Waals surface area contributed by atoms with E-state index < -0.39 is 0 Å². The smallest absolute Gasteiger partial charge is 0.176 e. The Bertz CT molecular complexity index is 423. The molecule has 0 aromatic heterocycles. The van der Waals surface area contributed by atoms with Crippen LogP contribution in [-0.4, -0.2) is 30.3 Å². The summed E-state index contributed by atoms with van der Waals surface area (Å²) in [5.74, 6) is 1.04. The fraction of sp³-hybridized carbons (Fsp3) is 0.588. The zero-order valence-electron chi connectivity index (χ0n) is 12.4. The zero-order chi connectivity index (χ0) is 13.8. The third-order valence-electron chi connectivity index (χ3n) is 4.30. The predicted molar refractivity (Wildman–Crippen MR) is 79.6 cm³/mol. The molecule has 2 atom stereocenters. The number of aryl methyl sites for hydroxylation is 1. The fourth-order valence-corrected chi connectivity index (χ4v) is 2.99. The molecule has 2 rings (SSSR count). The lowest BCUT2D eigenvalue weighted by atomic mass is 9.86. The lowest BCUT2D eigenvalue weighted by Gasteiger charge is -2.33. The molecule has 0 spiro atoms. The predicted octanol–water partition coefficient (Wildman–Crippen LogP) is 3.69. The second-order valence-corrected chi connectivity index (χ2v) is 6.13. The first kappa shape index (κ1) is 14.3. The maximum absolute atomic E-state index is 12.2. The topological polar surface area (TPSA) is 20.3 Å². The van der Waals surface area contributed by atoms with Gasteiger partial charge in [-0.3, -0.25) is 9.69 Å². The van der Waals surface area contributed by atoms with E-state index in [0.29, 0.717) is 12.6 Å². The molecule has 0 amide bonds. The highest BCUT2D eigenvalue weighted by atomic mass is 16.1. The van der Waals surface area contributed by atoms with Crippen LogP contribution in [-0.2, 0) is 0 Å². The van der Waals surface area contributed by atoms with Gasteiger partial charge in [0.15, 0.2) is 5.78 Å². The molecule has 0 heterocycles. The van der Waals surface area contributed by atoms with Crippen molar-refractivity contribution in [3.63, 3.8) is 0 Å². The second-order valence-electron chi connectivity index (χ2n) is 6.13. The van der Waals surface area contributed by atoms with Gasteiger partial charge >= 0.3 is 0 Å². The number of carbonyl (C=O) groups is 1. The molecule has 1 aromatic carbocycles. The Labute approximate surface area is 116 Å². The van der Waals surface area contributed by atoms with Crippen molar-refractivity contribution in [2.45, 2.75) is 45.6 Å². The highest BCUT2D eigenvalue weighted by molar-refractivity contribution is 5.97. The number of rotatable bonds is 4. The number of likely N-dealkylation sites (N-methyl/N-ethyl adjacent to an activating group) is 1. The summed E-state index contributed by atoms with van der Waals surface area (Å²) in [4.78, 5) is 14.5. The van der Waals surface area contributed by atoms with Gasteiger partial charge in [-0.2, -0.15) is 0 Å². The Morgan fingerprint density at radius 2 is 1.95 bits per heavy atom. The van der Waals surface area contributed by atoms with E-state index in [2.05, 4.69) is 18.9 Å². The lowest BCUT2D eigenvalue weighted by Crippen LogP contribution is -2.38. The first-order valence-corrected chi connectivity index (χ1v) is 7.36. The van der Waals surface area contributed by atoms with Gasteiger partial charge in [0, 0.05) is 11.6 Å². The SMILES string of the molecule is Cc1ccc(C(=O)CN(C)C2CCCC(C)C2)cc1. The maximum atomic E-state index is 12.2. The first-order valence-electron chi connectivity index (χ1n) is 7.36. The molecular formula is C17H25NO. The van der Waals surface area contributed by atoms with Gasteiger partial charge in [0.05, 0.1) is 6.54 Å². The third-order valence-corrected chi connectivity index (χ3v) is 4.30. The number of ketones is 1. The van der Waals surface area contributed by atoms with Crippen molar-refractivity contribution >= 4 is 5.78 Å². The number of benzene rings is 1. The minimum Gasteiger partial charge on any atom is -0.296 e. The molecule has 1 aromatic rings. The average molecular weight is 259 g/mol. The summed E-state index contributed by atoms with van der Waals surface area (Å²) in [6.07, 6.45) is 5.12. The van der Waals surface area contributed by atoms with Crippen LogP contribution in [0.2, 0.25) is 0 Å². The van der Waals surface area contributed by atoms with Gasteiger partial charge in [-0.25, -0.2) is 0 Å². The van der Waals surface area contributed by atoms with Crippen molar-refractivity contribution < 1.29 is 4.79 Å². The molecule has 0 bridgehead atoms. The normalized spacial score (nSPS) is 23.6. The summed E-state index contributed by atoms with van der Waals surface area (Å²) in [5.41, 5.74) is 2.03. The molecule has 2 nitrogen and oxygen atoms in total. The Kier molecular flexibility index (Phi) is 4.76. The van der Waals surface area contributed by atoms with Crippen LogP contribution >= 0.6 is 0 Å². The van der Waals surface area contributed by atoms with Crippen LogP contribution in [0.25, 0.3) is 0 Å². The van der Waals surface area contributed by atoms with Gasteiger partial charge in [-0.1, -0.05) is 49.6 Å². The minimum atomic E-state index is 0.237. The minimum absolute atomic E-state index is 0.237. The van der Waals surface area contributed by atoms with Gasteiger partial charge < -0.3 is 0 Å². The molecule has 104 valence electrons. The number of nitrogens with zero attached hydrogens (tertiary/aromatic N) is 1. The molecule has 1 saturated carbocycles. The van der Waals surface area contributed by atoms with Crippen molar-refractivity contribution in [3.05, 3.63) is 35.4 Å². The van der Waals surface area contributed by atoms with Crippen LogP contribution in [0.3, 0.4) is 0 Å². The van der Waals surface area contributed by atoms with E-state index in [0.717, 1.165) is 11.5 Å². The van der Waals surface area contributed by atoms with E-state index in [1.54, 1.807) is 0 Å². The van der Waals surface area contributed by atoms with Crippen molar-refractivity contribution in [1.29, 1.82) is 0 Å². The summed E-state index contributed by atoms with van der Waals surface area (Å²) in [6.45, 7) is 4.91. The summed E-state index contributed by atoms with van der Waals surface area (Å²) in [6, 6.07) is 8.48. The van der Waals surface area contributed by atoms with Gasteiger partial charge in [-0.15, -0.1) is 0 Å². The monoisotopic (exact) mass is 259 g/mol. The number of carbonyl (C=O) groups excluding carboxylic acids is 1. The maximum Gasteiger partial charge on any atom is 0.176 e. The molecule has 1 fully saturated rings. The molecule has 0 N–H and O–H groups in total. The Morgan fingerprint density at radius 1 is 1.26 bits per heavy atom. The summed E-state index contributed by atoms with van der Waals surface area (Å²) in [7, 11) is 2.09. The van der Waals surface area contributed by atoms with Gasteiger partial charge in [0.2, 0.25) is 0 Å². The van der Waals surface area contributed by atoms with E-state index in [9.17, 15) is 4.79 Å². The average Bonchev–Trinajstić information content (AvgIpc) is 2.39. The van der Waals surface area contributed by atoms with E-state index in [4.69, 9.17) is 0 Å². The Hall–Kier alpha value is -1.15. The number of hydrogen-bond donors (Lipinski definition) is 0. The number of Topliss-reactive ketones (excluding diaryl/α,β-unsaturated/α-hetero) is 1. The molecule has 2 heteroatoms. The first-order chi connectivity index (χ1) is 9.06. The van der Waals surface area contributed by atoms with Gasteiger partial charge in [0.25, 0.3) is 0 Å². The largest absolute Gasteiger partial charge is 0.296 e. The van der Waals surface area contributed by atoms with Crippen LogP contribution in [0.5, 0.6) is 0 Å². The lowest BCUT2D eigenvalue weighted by molar-refractivity contribution is 0.0882. The third kappa shape index (κ3) is 3.90. The molecule has 0 saturated heterocycles. The molecule has 0 aliphatic heterocycles. The molecule has 2 unspecified atom stereocenters. The van der Waals surface area contributed by atoms with E-state index in [-0.39, 0.29) is 5.78 Å². The Balaban J connectivity index is 1.92. The highest BCUT2D eigenvalue weighted by Gasteiger charge is 2.23. The second kappa shape index (κ2) is 6.33. The molecular weight excluding hydrogens is 234 g/mol. The zero-order valence-corrected chi connectivity index (χ0v) is 12.4. The number of hydrogen-bond acceptors (Lipinski definition) is 2. The van der Waals surface area contributed by atoms with Crippen molar-refractivity contribution in [3.8, 4) is 0 Å². The summed E-state index contributed by atoms with van der Waals surface area (Å²) < 4.78 is 0.